The zero-order valence-electron chi connectivity index (χ0n) is 12.1. The molecule has 0 saturated heterocycles. The second kappa shape index (κ2) is 5.62. The topological polar surface area (TPSA) is 80.7 Å². The number of aromatic hydroxyl groups is 1. The Balaban J connectivity index is 2.19. The Morgan fingerprint density at radius 3 is 2.35 bits per heavy atom. The van der Waals surface area contributed by atoms with Crippen LogP contribution in [0.4, 0.5) is 0 Å². The number of rotatable bonds is 3. The molecule has 0 saturated carbocycles. The quantitative estimate of drug-likeness (QED) is 0.762. The molecule has 0 aromatic heterocycles. The molecule has 1 N–H and O–H groups in total. The highest BCUT2D eigenvalue weighted by Crippen LogP contribution is 2.43. The van der Waals surface area contributed by atoms with E-state index in [9.17, 15) is 19.5 Å². The van der Waals surface area contributed by atoms with Crippen LogP contribution in [0.3, 0.4) is 0 Å². The molecule has 0 aliphatic heterocycles. The highest BCUT2D eigenvalue weighted by molar-refractivity contribution is 9.10. The molecule has 116 valence electrons. The van der Waals surface area contributed by atoms with Crippen molar-refractivity contribution in [3.05, 3.63) is 57.1 Å². The lowest BCUT2D eigenvalue weighted by atomic mass is 9.83. The van der Waals surface area contributed by atoms with Crippen molar-refractivity contribution in [1.29, 1.82) is 0 Å². The number of phenols is 1. The third-order valence-corrected chi connectivity index (χ3v) is 4.11. The predicted molar refractivity (Wildman–Crippen MR) is 85.3 cm³/mol. The largest absolute Gasteiger partial charge is 0.504 e. The van der Waals surface area contributed by atoms with E-state index in [4.69, 9.17) is 4.74 Å². The number of phenolic OH excluding ortho intramolecular Hbond substituents is 1. The summed E-state index contributed by atoms with van der Waals surface area (Å²) in [5.74, 6) is -1.50. The van der Waals surface area contributed by atoms with Crippen LogP contribution in [0.1, 0.15) is 38.8 Å². The molecular formula is C17H11BrO5. The highest BCUT2D eigenvalue weighted by Gasteiger charge is 2.34. The zero-order valence-corrected chi connectivity index (χ0v) is 13.6. The molecule has 0 bridgehead atoms. The van der Waals surface area contributed by atoms with Gasteiger partial charge in [0, 0.05) is 16.7 Å². The second-order valence-electron chi connectivity index (χ2n) is 5.15. The van der Waals surface area contributed by atoms with E-state index in [1.54, 1.807) is 18.2 Å². The Hall–Kier alpha value is -2.47. The van der Waals surface area contributed by atoms with E-state index in [2.05, 4.69) is 15.9 Å². The Labute approximate surface area is 140 Å². The van der Waals surface area contributed by atoms with Crippen molar-refractivity contribution in [3.8, 4) is 11.5 Å². The van der Waals surface area contributed by atoms with Crippen LogP contribution in [-0.4, -0.2) is 29.1 Å². The molecule has 0 fully saturated rings. The van der Waals surface area contributed by atoms with Gasteiger partial charge in [-0.05, 0) is 28.9 Å². The summed E-state index contributed by atoms with van der Waals surface area (Å²) in [5.41, 5.74) is 0.539. The molecule has 1 aliphatic rings. The van der Waals surface area contributed by atoms with Crippen molar-refractivity contribution in [2.24, 2.45) is 0 Å². The molecule has 5 nitrogen and oxygen atoms in total. The van der Waals surface area contributed by atoms with E-state index >= 15 is 0 Å². The van der Waals surface area contributed by atoms with Crippen molar-refractivity contribution in [2.45, 2.75) is 6.92 Å². The molecule has 3 rings (SSSR count). The number of Topliss-reactive ketones (excluding diaryl/α,β-unsaturated/α-hetero) is 1. The number of hydrogen-bond donors (Lipinski definition) is 1. The molecule has 0 spiro atoms. The van der Waals surface area contributed by atoms with E-state index in [0.29, 0.717) is 10.0 Å². The van der Waals surface area contributed by atoms with Gasteiger partial charge in [0.2, 0.25) is 0 Å². The Morgan fingerprint density at radius 2 is 1.74 bits per heavy atom. The SMILES string of the molecule is CC(=O)COc1c(Br)cc2c(c1O)C(=O)c1ccccc1C2=O. The average Bonchev–Trinajstić information content (AvgIpc) is 2.51. The molecule has 0 radical (unpaired) electrons. The first-order valence-electron chi connectivity index (χ1n) is 6.78. The van der Waals surface area contributed by atoms with Crippen LogP contribution in [0, 0.1) is 0 Å². The minimum atomic E-state index is -0.451. The smallest absolute Gasteiger partial charge is 0.198 e. The number of benzene rings is 2. The lowest BCUT2D eigenvalue weighted by Crippen LogP contribution is -2.21. The van der Waals surface area contributed by atoms with Crippen molar-refractivity contribution in [1.82, 2.24) is 0 Å². The summed E-state index contributed by atoms with van der Waals surface area (Å²) in [6.07, 6.45) is 0. The monoisotopic (exact) mass is 374 g/mol. The first-order valence-corrected chi connectivity index (χ1v) is 7.57. The van der Waals surface area contributed by atoms with Gasteiger partial charge in [-0.15, -0.1) is 0 Å². The van der Waals surface area contributed by atoms with Crippen LogP contribution in [0.15, 0.2) is 34.8 Å². The van der Waals surface area contributed by atoms with Crippen molar-refractivity contribution >= 4 is 33.3 Å². The summed E-state index contributed by atoms with van der Waals surface area (Å²) in [7, 11) is 0. The summed E-state index contributed by atoms with van der Waals surface area (Å²) in [4.78, 5) is 36.2. The lowest BCUT2D eigenvalue weighted by molar-refractivity contribution is -0.118. The molecule has 0 heterocycles. The first-order chi connectivity index (χ1) is 10.9. The molecule has 23 heavy (non-hydrogen) atoms. The third kappa shape index (κ3) is 2.45. The van der Waals surface area contributed by atoms with E-state index < -0.39 is 11.5 Å². The fourth-order valence-corrected chi connectivity index (χ4v) is 3.03. The molecule has 6 heteroatoms. The van der Waals surface area contributed by atoms with Crippen LogP contribution in [0.5, 0.6) is 11.5 Å². The number of ether oxygens (including phenoxy) is 1. The van der Waals surface area contributed by atoms with E-state index in [1.807, 2.05) is 0 Å². The van der Waals surface area contributed by atoms with E-state index in [0.717, 1.165) is 0 Å². The fraction of sp³-hybridized carbons (Fsp3) is 0.118. The molecule has 2 aromatic carbocycles. The molecule has 0 unspecified atom stereocenters. The van der Waals surface area contributed by atoms with Crippen LogP contribution >= 0.6 is 15.9 Å². The molecule has 0 atom stereocenters. The number of hydrogen-bond acceptors (Lipinski definition) is 5. The van der Waals surface area contributed by atoms with Gasteiger partial charge >= 0.3 is 0 Å². The fourth-order valence-electron chi connectivity index (χ4n) is 2.50. The maximum Gasteiger partial charge on any atom is 0.198 e. The van der Waals surface area contributed by atoms with Gasteiger partial charge in [-0.3, -0.25) is 14.4 Å². The summed E-state index contributed by atoms with van der Waals surface area (Å²) < 4.78 is 5.56. The van der Waals surface area contributed by atoms with Crippen LogP contribution in [-0.2, 0) is 4.79 Å². The first kappa shape index (κ1) is 15.4. The van der Waals surface area contributed by atoms with Crippen molar-refractivity contribution in [2.75, 3.05) is 6.61 Å². The third-order valence-electron chi connectivity index (χ3n) is 3.52. The number of ketones is 3. The van der Waals surface area contributed by atoms with Gasteiger partial charge in [-0.1, -0.05) is 24.3 Å². The molecule has 0 amide bonds. The summed E-state index contributed by atoms with van der Waals surface area (Å²) in [6, 6.07) is 7.87. The van der Waals surface area contributed by atoms with Gasteiger partial charge in [0.05, 0.1) is 10.0 Å². The number of halogens is 1. The number of carbonyl (C=O) groups excluding carboxylic acids is 3. The standard InChI is InChI=1S/C17H11BrO5/c1-8(19)7-23-17-12(18)6-11-13(16(17)22)15(21)10-5-3-2-4-9(10)14(11)20/h2-6,22H,7H2,1H3. The van der Waals surface area contributed by atoms with Gasteiger partial charge in [-0.2, -0.15) is 0 Å². The maximum atomic E-state index is 12.6. The number of fused-ring (bicyclic) bond motifs is 2. The molecule has 2 aromatic rings. The van der Waals surface area contributed by atoms with Crippen LogP contribution in [0.2, 0.25) is 0 Å². The normalized spacial score (nSPS) is 12.6. The minimum absolute atomic E-state index is 0.0283. The van der Waals surface area contributed by atoms with Crippen LogP contribution in [0.25, 0.3) is 0 Å². The minimum Gasteiger partial charge on any atom is -0.504 e. The van der Waals surface area contributed by atoms with Gasteiger partial charge in [0.1, 0.15) is 6.61 Å². The Kier molecular flexibility index (Phi) is 3.77. The lowest BCUT2D eigenvalue weighted by Gasteiger charge is -2.20. The Morgan fingerprint density at radius 1 is 1.13 bits per heavy atom. The van der Waals surface area contributed by atoms with Gasteiger partial charge in [-0.25, -0.2) is 0 Å². The second-order valence-corrected chi connectivity index (χ2v) is 6.01. The van der Waals surface area contributed by atoms with Crippen molar-refractivity contribution < 1.29 is 24.2 Å². The maximum absolute atomic E-state index is 12.6. The number of carbonyl (C=O) groups is 3. The Bertz CT molecular complexity index is 870. The summed E-state index contributed by atoms with van der Waals surface area (Å²) in [5, 5.41) is 10.4. The van der Waals surface area contributed by atoms with Gasteiger partial charge in [0.25, 0.3) is 0 Å². The zero-order chi connectivity index (χ0) is 16.7. The van der Waals surface area contributed by atoms with E-state index in [1.165, 1.54) is 19.1 Å². The molecule has 1 aliphatic carbocycles. The van der Waals surface area contributed by atoms with E-state index in [-0.39, 0.29) is 40.6 Å². The van der Waals surface area contributed by atoms with Gasteiger partial charge < -0.3 is 9.84 Å². The van der Waals surface area contributed by atoms with Gasteiger partial charge in [0.15, 0.2) is 28.8 Å². The summed E-state index contributed by atoms with van der Waals surface area (Å²) >= 11 is 3.20. The molecular weight excluding hydrogens is 364 g/mol. The highest BCUT2D eigenvalue weighted by atomic mass is 79.9. The van der Waals surface area contributed by atoms with Crippen molar-refractivity contribution in [3.63, 3.8) is 0 Å². The average molecular weight is 375 g/mol. The van der Waals surface area contributed by atoms with Crippen LogP contribution < -0.4 is 4.74 Å². The summed E-state index contributed by atoms with van der Waals surface area (Å²) in [6.45, 7) is 1.10. The predicted octanol–water partition coefficient (Wildman–Crippen LogP) is 2.90.